The Morgan fingerprint density at radius 2 is 1.67 bits per heavy atom. The molecule has 3 aromatic rings. The third-order valence-corrected chi connectivity index (χ3v) is 5.26. The molecule has 2 heterocycles. The smallest absolute Gasteiger partial charge is 0.334 e. The van der Waals surface area contributed by atoms with Crippen molar-refractivity contribution in [3.63, 3.8) is 0 Å². The number of fused-ring (bicyclic) bond motifs is 1. The second-order valence-corrected chi connectivity index (χ2v) is 7.53. The summed E-state index contributed by atoms with van der Waals surface area (Å²) in [6, 6.07) is 5.59. The molecule has 3 N–H and O–H groups in total. The van der Waals surface area contributed by atoms with Crippen LogP contribution in [0.5, 0.6) is 0 Å². The van der Waals surface area contributed by atoms with Gasteiger partial charge in [-0.25, -0.2) is 8.42 Å². The lowest BCUT2D eigenvalue weighted by Crippen LogP contribution is -2.25. The Labute approximate surface area is 149 Å². The molecule has 0 aliphatic carbocycles. The number of anilines is 1. The van der Waals surface area contributed by atoms with Crippen LogP contribution in [0.4, 0.5) is 18.9 Å². The molecule has 0 bridgehead atoms. The summed E-state index contributed by atoms with van der Waals surface area (Å²) < 4.78 is 66.8. The Hall–Kier alpha value is -3.02. The zero-order chi connectivity index (χ0) is 20.1. The van der Waals surface area contributed by atoms with Gasteiger partial charge in [0.2, 0.25) is 0 Å². The Balaban J connectivity index is 2.22. The first-order chi connectivity index (χ1) is 12.4. The highest BCUT2D eigenvalue weighted by molar-refractivity contribution is 7.92. The lowest BCUT2D eigenvalue weighted by atomic mass is 10.2. The summed E-state index contributed by atoms with van der Waals surface area (Å²) >= 11 is 0. The van der Waals surface area contributed by atoms with Gasteiger partial charge in [0.25, 0.3) is 21.1 Å². The van der Waals surface area contributed by atoms with Crippen LogP contribution in [0.2, 0.25) is 0 Å². The quantitative estimate of drug-likeness (QED) is 0.619. The fraction of sp³-hybridized carbons (Fsp3) is 0.200. The number of hydrogen-bond donors (Lipinski definition) is 3. The van der Waals surface area contributed by atoms with Crippen LogP contribution < -0.4 is 15.8 Å². The molecule has 0 amide bonds. The van der Waals surface area contributed by atoms with E-state index in [9.17, 15) is 31.2 Å². The predicted octanol–water partition coefficient (Wildman–Crippen LogP) is 1.75. The maximum Gasteiger partial charge on any atom is 0.431 e. The number of aryl methyl sites for hydroxylation is 1. The van der Waals surface area contributed by atoms with Crippen molar-refractivity contribution >= 4 is 21.4 Å². The Kier molecular flexibility index (Phi) is 4.18. The summed E-state index contributed by atoms with van der Waals surface area (Å²) in [4.78, 5) is 25.9. The molecule has 0 unspecified atom stereocenters. The van der Waals surface area contributed by atoms with Gasteiger partial charge in [-0.1, -0.05) is 17.7 Å². The topological polar surface area (TPSA) is 116 Å². The SMILES string of the molecule is Cc1ccc(S(=O)(=O)Nc2c(=O)[nH]n3c(=O)c(C)c(C(F)(F)F)[nH]c23)cc1. The van der Waals surface area contributed by atoms with Crippen molar-refractivity contribution in [1.82, 2.24) is 14.6 Å². The van der Waals surface area contributed by atoms with E-state index in [1.165, 1.54) is 24.3 Å². The van der Waals surface area contributed by atoms with Gasteiger partial charge in [-0.2, -0.15) is 17.7 Å². The van der Waals surface area contributed by atoms with E-state index < -0.39 is 49.9 Å². The zero-order valence-corrected chi connectivity index (χ0v) is 14.7. The largest absolute Gasteiger partial charge is 0.431 e. The van der Waals surface area contributed by atoms with Crippen LogP contribution in [0.15, 0.2) is 38.8 Å². The minimum absolute atomic E-state index is 0.197. The van der Waals surface area contributed by atoms with Gasteiger partial charge in [0, 0.05) is 5.56 Å². The lowest BCUT2D eigenvalue weighted by molar-refractivity contribution is -0.141. The minimum atomic E-state index is -4.90. The molecule has 0 atom stereocenters. The van der Waals surface area contributed by atoms with Crippen molar-refractivity contribution in [2.45, 2.75) is 24.9 Å². The first-order valence-electron chi connectivity index (χ1n) is 7.46. The highest BCUT2D eigenvalue weighted by Gasteiger charge is 2.36. The highest BCUT2D eigenvalue weighted by Crippen LogP contribution is 2.29. The van der Waals surface area contributed by atoms with E-state index in [-0.39, 0.29) is 4.90 Å². The second kappa shape index (κ2) is 6.01. The number of rotatable bonds is 3. The Morgan fingerprint density at radius 1 is 1.07 bits per heavy atom. The molecule has 27 heavy (non-hydrogen) atoms. The van der Waals surface area contributed by atoms with Crippen LogP contribution in [0.1, 0.15) is 16.8 Å². The summed E-state index contributed by atoms with van der Waals surface area (Å²) in [5.74, 6) is 0. The Morgan fingerprint density at radius 3 is 2.22 bits per heavy atom. The zero-order valence-electron chi connectivity index (χ0n) is 13.9. The van der Waals surface area contributed by atoms with E-state index in [4.69, 9.17) is 0 Å². The van der Waals surface area contributed by atoms with E-state index in [1.807, 2.05) is 14.8 Å². The van der Waals surface area contributed by atoms with Crippen molar-refractivity contribution in [1.29, 1.82) is 0 Å². The molecule has 0 saturated carbocycles. The fourth-order valence-electron chi connectivity index (χ4n) is 2.48. The number of aromatic nitrogens is 3. The van der Waals surface area contributed by atoms with Gasteiger partial charge in [-0.05, 0) is 26.0 Å². The van der Waals surface area contributed by atoms with Crippen LogP contribution in [-0.2, 0) is 16.2 Å². The molecule has 144 valence electrons. The number of aromatic amines is 2. The molecular weight excluding hydrogens is 389 g/mol. The van der Waals surface area contributed by atoms with Gasteiger partial charge in [-0.15, -0.1) is 0 Å². The number of hydrogen-bond acceptors (Lipinski definition) is 4. The van der Waals surface area contributed by atoms with Gasteiger partial charge >= 0.3 is 6.18 Å². The molecule has 0 aliphatic heterocycles. The van der Waals surface area contributed by atoms with Crippen LogP contribution in [-0.4, -0.2) is 23.0 Å². The third-order valence-electron chi connectivity index (χ3n) is 3.89. The van der Waals surface area contributed by atoms with Crippen molar-refractivity contribution in [3.8, 4) is 0 Å². The predicted molar refractivity (Wildman–Crippen MR) is 90.4 cm³/mol. The van der Waals surface area contributed by atoms with E-state index in [2.05, 4.69) is 0 Å². The molecule has 12 heteroatoms. The fourth-order valence-corrected chi connectivity index (χ4v) is 3.55. The number of halogens is 3. The molecule has 0 radical (unpaired) electrons. The molecule has 0 fully saturated rings. The first kappa shape index (κ1) is 18.8. The lowest BCUT2D eigenvalue weighted by Gasteiger charge is -2.11. The molecule has 8 nitrogen and oxygen atoms in total. The number of nitrogens with zero attached hydrogens (tertiary/aromatic N) is 1. The average Bonchev–Trinajstić information content (AvgIpc) is 2.86. The summed E-state index contributed by atoms with van der Waals surface area (Å²) in [5.41, 5.74) is -4.82. The van der Waals surface area contributed by atoms with Crippen LogP contribution >= 0.6 is 0 Å². The first-order valence-corrected chi connectivity index (χ1v) is 8.94. The monoisotopic (exact) mass is 402 g/mol. The average molecular weight is 402 g/mol. The molecule has 3 rings (SSSR count). The van der Waals surface area contributed by atoms with Crippen LogP contribution in [0, 0.1) is 13.8 Å². The molecule has 1 aromatic carbocycles. The summed E-state index contributed by atoms with van der Waals surface area (Å²) in [6.07, 6.45) is -4.90. The molecular formula is C15H13F3N4O4S. The van der Waals surface area contributed by atoms with E-state index in [0.29, 0.717) is 4.52 Å². The molecule has 2 aromatic heterocycles. The van der Waals surface area contributed by atoms with E-state index >= 15 is 0 Å². The van der Waals surface area contributed by atoms with Gasteiger partial charge < -0.3 is 4.98 Å². The number of H-pyrrole nitrogens is 2. The van der Waals surface area contributed by atoms with E-state index in [0.717, 1.165) is 12.5 Å². The van der Waals surface area contributed by atoms with E-state index in [1.54, 1.807) is 6.92 Å². The molecule has 0 spiro atoms. The number of nitrogens with one attached hydrogen (secondary N) is 3. The van der Waals surface area contributed by atoms with Crippen molar-refractivity contribution in [3.05, 3.63) is 61.8 Å². The van der Waals surface area contributed by atoms with Gasteiger partial charge in [-0.3, -0.25) is 19.4 Å². The van der Waals surface area contributed by atoms with Crippen LogP contribution in [0.3, 0.4) is 0 Å². The summed E-state index contributed by atoms with van der Waals surface area (Å²) in [7, 11) is -4.27. The number of benzene rings is 1. The molecule has 0 aliphatic rings. The van der Waals surface area contributed by atoms with Gasteiger partial charge in [0.15, 0.2) is 11.3 Å². The molecule has 0 saturated heterocycles. The van der Waals surface area contributed by atoms with Gasteiger partial charge in [0.05, 0.1) is 4.90 Å². The van der Waals surface area contributed by atoms with Crippen LogP contribution in [0.25, 0.3) is 5.65 Å². The van der Waals surface area contributed by atoms with Crippen molar-refractivity contribution in [2.75, 3.05) is 4.72 Å². The van der Waals surface area contributed by atoms with Gasteiger partial charge in [0.1, 0.15) is 5.69 Å². The maximum atomic E-state index is 13.1. The summed E-state index contributed by atoms with van der Waals surface area (Å²) in [5, 5.41) is 2.02. The number of sulfonamides is 1. The van der Waals surface area contributed by atoms with Crippen molar-refractivity contribution < 1.29 is 21.6 Å². The highest BCUT2D eigenvalue weighted by atomic mass is 32.2. The third kappa shape index (κ3) is 3.23. The normalized spacial score (nSPS) is 12.5. The van der Waals surface area contributed by atoms with Crippen molar-refractivity contribution in [2.24, 2.45) is 0 Å². The Bertz CT molecular complexity index is 1250. The number of alkyl halides is 3. The maximum absolute atomic E-state index is 13.1. The second-order valence-electron chi connectivity index (χ2n) is 5.85. The minimum Gasteiger partial charge on any atom is -0.334 e. The standard InChI is InChI=1S/C15H13F3N4O4S/c1-7-3-5-9(6-4-7)27(25,26)21-10-12-19-11(15(16,17)18)8(2)14(24)22(12)20-13(10)23/h3-6,19,21H,1-2H3,(H,20,23). The summed E-state index contributed by atoms with van der Waals surface area (Å²) in [6.45, 7) is 2.68.